The summed E-state index contributed by atoms with van der Waals surface area (Å²) in [4.78, 5) is 5.27. The van der Waals surface area contributed by atoms with E-state index in [0.29, 0.717) is 0 Å². The Hall–Kier alpha value is -10.7. The van der Waals surface area contributed by atoms with Crippen molar-refractivity contribution < 1.29 is 0 Å². The second-order valence-electron chi connectivity index (χ2n) is 35.9. The molecule has 2 aliphatic heterocycles. The smallest absolute Gasteiger partial charge is 0.252 e. The number of hydrogen-bond acceptors (Lipinski definition) is 2. The molecule has 0 N–H and O–H groups in total. The minimum absolute atomic E-state index is 0.0174. The van der Waals surface area contributed by atoms with Gasteiger partial charge in [0.15, 0.2) is 0 Å². The molecule has 18 rings (SSSR count). The summed E-state index contributed by atoms with van der Waals surface area (Å²) in [5.74, 6) is 0. The van der Waals surface area contributed by atoms with E-state index in [1.807, 2.05) is 0 Å². The molecular weight excluding hydrogens is 1280 g/mol. The molecule has 522 valence electrons. The summed E-state index contributed by atoms with van der Waals surface area (Å²) in [6.07, 6.45) is 4.72. The predicted octanol–water partition coefficient (Wildman–Crippen LogP) is 26.2. The van der Waals surface area contributed by atoms with Crippen molar-refractivity contribution in [2.75, 3.05) is 9.80 Å². The number of nitrogens with zero attached hydrogens (tertiary/aromatic N) is 3. The molecule has 106 heavy (non-hydrogen) atoms. The van der Waals surface area contributed by atoms with Gasteiger partial charge in [-0.25, -0.2) is 0 Å². The van der Waals surface area contributed by atoms with Crippen molar-refractivity contribution in [1.82, 2.24) is 4.57 Å². The highest BCUT2D eigenvalue weighted by atomic mass is 15.2. The van der Waals surface area contributed by atoms with E-state index in [-0.39, 0.29) is 39.2 Å². The minimum atomic E-state index is -0.148. The molecule has 1 aromatic heterocycles. The second-order valence-corrected chi connectivity index (χ2v) is 35.9. The van der Waals surface area contributed by atoms with Crippen LogP contribution in [0.4, 0.5) is 34.1 Å². The normalized spacial score (nSPS) is 15.9. The van der Waals surface area contributed by atoms with Crippen LogP contribution in [0, 0.1) is 0 Å². The maximum Gasteiger partial charge on any atom is 0.252 e. The SMILES string of the molecule is CC(C)(C)c1ccc(-c2cc3c4c(c2)N(c2ccc(-c5ccc6c(c5)C(C)(C)CCC6(C)C)cc2)c2cc(-n5c6ccc(-c7ccccc7)cc6c6cc(-c7ccccc7)ccc65)ccc2B4c2ccc(-c4ccccc4C(C)(C)C)cc2N3c2ccc(-c3ccc4c(c3)C(C)(C)CCC4(C)C)cc2)cc1. The first-order valence-corrected chi connectivity index (χ1v) is 38.7. The van der Waals surface area contributed by atoms with Crippen LogP contribution in [-0.4, -0.2) is 11.3 Å². The molecule has 0 radical (unpaired) electrons. The lowest BCUT2D eigenvalue weighted by Crippen LogP contribution is -2.61. The van der Waals surface area contributed by atoms with Gasteiger partial charge in [-0.1, -0.05) is 297 Å². The fourth-order valence-corrected chi connectivity index (χ4v) is 18.6. The van der Waals surface area contributed by atoms with Gasteiger partial charge in [0, 0.05) is 50.6 Å². The lowest BCUT2D eigenvalue weighted by molar-refractivity contribution is 0.332. The molecule has 14 aromatic rings. The van der Waals surface area contributed by atoms with Gasteiger partial charge in [-0.3, -0.25) is 0 Å². The topological polar surface area (TPSA) is 11.4 Å². The summed E-state index contributed by atoms with van der Waals surface area (Å²) in [7, 11) is 0. The van der Waals surface area contributed by atoms with Crippen LogP contribution in [0.15, 0.2) is 279 Å². The van der Waals surface area contributed by atoms with Crippen LogP contribution in [0.1, 0.15) is 156 Å². The molecule has 2 aliphatic carbocycles. The third kappa shape index (κ3) is 11.2. The van der Waals surface area contributed by atoms with E-state index >= 15 is 0 Å². The summed E-state index contributed by atoms with van der Waals surface area (Å²) in [6, 6.07) is 108. The Labute approximate surface area is 629 Å². The average molecular weight is 1370 g/mol. The maximum absolute atomic E-state index is 2.64. The summed E-state index contributed by atoms with van der Waals surface area (Å²) < 4.78 is 2.54. The number of fused-ring (bicyclic) bond motifs is 9. The molecule has 3 nitrogen and oxygen atoms in total. The molecule has 0 saturated heterocycles. The first kappa shape index (κ1) is 67.2. The number of hydrogen-bond donors (Lipinski definition) is 0. The van der Waals surface area contributed by atoms with E-state index in [4.69, 9.17) is 0 Å². The van der Waals surface area contributed by atoms with Gasteiger partial charge in [0.1, 0.15) is 0 Å². The van der Waals surface area contributed by atoms with Gasteiger partial charge in [0.25, 0.3) is 6.71 Å². The van der Waals surface area contributed by atoms with E-state index in [1.54, 1.807) is 0 Å². The van der Waals surface area contributed by atoms with Crippen LogP contribution in [0.25, 0.3) is 94.3 Å². The maximum atomic E-state index is 2.64. The molecule has 4 aliphatic rings. The Morgan fingerprint density at radius 1 is 0.283 bits per heavy atom. The van der Waals surface area contributed by atoms with Gasteiger partial charge in [-0.15, -0.1) is 0 Å². The largest absolute Gasteiger partial charge is 0.311 e. The highest BCUT2D eigenvalue weighted by molar-refractivity contribution is 7.00. The van der Waals surface area contributed by atoms with Crippen molar-refractivity contribution in [3.8, 4) is 72.4 Å². The van der Waals surface area contributed by atoms with E-state index in [9.17, 15) is 0 Å². The first-order chi connectivity index (χ1) is 50.8. The van der Waals surface area contributed by atoms with Crippen LogP contribution in [0.5, 0.6) is 0 Å². The zero-order valence-corrected chi connectivity index (χ0v) is 64.3. The Morgan fingerprint density at radius 2 is 0.651 bits per heavy atom. The summed E-state index contributed by atoms with van der Waals surface area (Å²) in [6.45, 7) is 33.3. The quantitative estimate of drug-likeness (QED) is 0.133. The standard InChI is InChI=1S/C102H96BN3/c1-97(2,3)76-40-29-69(30-41-76)75-62-94-96-95(63-75)105(78-44-33-68(34-45-78)73-36-48-85-87(60-73)102(13,14)56-54-100(85,9)10)93-64-79(106-90-51-38-70(65-23-17-15-18-24-65)57-81(90)82-58-71(39-52-91(82)106)66-25-19-16-20-26-66)46-50-89(93)103(96)88-49-37-74(80-27-21-22-28-83(80)98(4,5)6)61-92(88)104(94)77-42-31-67(32-43-77)72-35-47-84-86(59-72)101(11,12)55-53-99(84,7)8/h15-52,57-64H,53-56H2,1-14H3. The fraction of sp³-hybridized carbons (Fsp3) is 0.235. The monoisotopic (exact) mass is 1370 g/mol. The molecule has 13 aromatic carbocycles. The van der Waals surface area contributed by atoms with Gasteiger partial charge in [0.05, 0.1) is 11.0 Å². The molecule has 0 fully saturated rings. The number of rotatable bonds is 9. The van der Waals surface area contributed by atoms with E-state index in [1.165, 1.54) is 181 Å². The van der Waals surface area contributed by atoms with E-state index in [0.717, 1.165) is 22.7 Å². The Balaban J connectivity index is 0.897. The Bertz CT molecular complexity index is 5740. The summed E-state index contributed by atoms with van der Waals surface area (Å²) in [5, 5.41) is 2.44. The lowest BCUT2D eigenvalue weighted by atomic mass is 9.33. The van der Waals surface area contributed by atoms with Gasteiger partial charge in [-0.05, 0) is 254 Å². The van der Waals surface area contributed by atoms with E-state index < -0.39 is 0 Å². The van der Waals surface area contributed by atoms with Crippen molar-refractivity contribution in [2.24, 2.45) is 0 Å². The second kappa shape index (κ2) is 24.4. The first-order valence-electron chi connectivity index (χ1n) is 38.7. The minimum Gasteiger partial charge on any atom is -0.311 e. The highest BCUT2D eigenvalue weighted by Gasteiger charge is 2.45. The fourth-order valence-electron chi connectivity index (χ4n) is 18.6. The molecule has 3 heterocycles. The number of aromatic nitrogens is 1. The van der Waals surface area contributed by atoms with Crippen LogP contribution < -0.4 is 26.2 Å². The molecule has 0 amide bonds. The lowest BCUT2D eigenvalue weighted by Gasteiger charge is -2.45. The van der Waals surface area contributed by atoms with Crippen LogP contribution in [0.3, 0.4) is 0 Å². The average Bonchev–Trinajstić information content (AvgIpc) is 0.782. The van der Waals surface area contributed by atoms with E-state index in [2.05, 4.69) is 390 Å². The highest BCUT2D eigenvalue weighted by Crippen LogP contribution is 2.53. The third-order valence-electron chi connectivity index (χ3n) is 25.0. The van der Waals surface area contributed by atoms with Crippen molar-refractivity contribution >= 4 is 79.0 Å². The molecule has 4 heteroatoms. The Morgan fingerprint density at radius 3 is 1.13 bits per heavy atom. The van der Waals surface area contributed by atoms with Crippen LogP contribution in [0.2, 0.25) is 0 Å². The zero-order chi connectivity index (χ0) is 73.1. The van der Waals surface area contributed by atoms with Crippen LogP contribution >= 0.6 is 0 Å². The molecule has 0 saturated carbocycles. The van der Waals surface area contributed by atoms with Crippen LogP contribution in [-0.2, 0) is 32.5 Å². The molecule has 0 bridgehead atoms. The molecule has 0 spiro atoms. The summed E-state index contributed by atoms with van der Waals surface area (Å²) >= 11 is 0. The molecule has 0 unspecified atom stereocenters. The van der Waals surface area contributed by atoms with Gasteiger partial charge < -0.3 is 14.4 Å². The van der Waals surface area contributed by atoms with Gasteiger partial charge in [-0.2, -0.15) is 0 Å². The molecular formula is C102H96BN3. The molecule has 0 atom stereocenters. The van der Waals surface area contributed by atoms with Crippen molar-refractivity contribution in [3.63, 3.8) is 0 Å². The van der Waals surface area contributed by atoms with Gasteiger partial charge >= 0.3 is 0 Å². The van der Waals surface area contributed by atoms with Crippen molar-refractivity contribution in [1.29, 1.82) is 0 Å². The Kier molecular flexibility index (Phi) is 15.5. The van der Waals surface area contributed by atoms with Crippen molar-refractivity contribution in [2.45, 2.75) is 155 Å². The summed E-state index contributed by atoms with van der Waals surface area (Å²) in [5.41, 5.74) is 37.7. The number of benzene rings is 13. The predicted molar refractivity (Wildman–Crippen MR) is 455 cm³/mol. The number of anilines is 6. The van der Waals surface area contributed by atoms with Gasteiger partial charge in [0.2, 0.25) is 0 Å². The zero-order valence-electron chi connectivity index (χ0n) is 64.3. The third-order valence-corrected chi connectivity index (χ3v) is 25.0. The van der Waals surface area contributed by atoms with Crippen molar-refractivity contribution in [3.05, 3.63) is 312 Å².